The Morgan fingerprint density at radius 2 is 2.33 bits per heavy atom. The first-order valence-electron chi connectivity index (χ1n) is 3.67. The highest BCUT2D eigenvalue weighted by Gasteiger charge is 2.02. The van der Waals surface area contributed by atoms with Crippen molar-refractivity contribution in [3.63, 3.8) is 0 Å². The van der Waals surface area contributed by atoms with E-state index in [9.17, 15) is 0 Å². The highest BCUT2D eigenvalue weighted by Crippen LogP contribution is 2.22. The molecule has 0 bridgehead atoms. The average Bonchev–Trinajstić information content (AvgIpc) is 2.09. The van der Waals surface area contributed by atoms with Gasteiger partial charge in [0.1, 0.15) is 4.60 Å². The summed E-state index contributed by atoms with van der Waals surface area (Å²) in [5, 5.41) is 8.76. The molecule has 66 valence electrons. The van der Waals surface area contributed by atoms with Crippen molar-refractivity contribution in [3.8, 4) is 5.75 Å². The van der Waals surface area contributed by atoms with E-state index in [2.05, 4.69) is 20.9 Å². The molecule has 1 aromatic rings. The summed E-state index contributed by atoms with van der Waals surface area (Å²) in [6.07, 6.45) is 0. The molecule has 0 aliphatic rings. The topological polar surface area (TPSA) is 42.4 Å². The Labute approximate surface area is 79.5 Å². The van der Waals surface area contributed by atoms with Gasteiger partial charge >= 0.3 is 0 Å². The molecule has 12 heavy (non-hydrogen) atoms. The SMILES string of the molecule is CCOc1ccc(CO)nc1Br. The first-order valence-corrected chi connectivity index (χ1v) is 4.46. The van der Waals surface area contributed by atoms with Crippen molar-refractivity contribution < 1.29 is 9.84 Å². The minimum Gasteiger partial charge on any atom is -0.491 e. The summed E-state index contributed by atoms with van der Waals surface area (Å²) in [5.41, 5.74) is 0.630. The van der Waals surface area contributed by atoms with Gasteiger partial charge < -0.3 is 9.84 Å². The maximum absolute atomic E-state index is 8.76. The lowest BCUT2D eigenvalue weighted by molar-refractivity contribution is 0.275. The molecule has 0 aromatic carbocycles. The molecule has 0 spiro atoms. The van der Waals surface area contributed by atoms with Crippen LogP contribution in [0.3, 0.4) is 0 Å². The molecule has 1 rings (SSSR count). The normalized spacial score (nSPS) is 9.92. The highest BCUT2D eigenvalue weighted by atomic mass is 79.9. The molecule has 0 aliphatic heterocycles. The smallest absolute Gasteiger partial charge is 0.152 e. The van der Waals surface area contributed by atoms with Gasteiger partial charge in [0.2, 0.25) is 0 Å². The molecule has 0 fully saturated rings. The van der Waals surface area contributed by atoms with E-state index >= 15 is 0 Å². The zero-order valence-corrected chi connectivity index (χ0v) is 8.34. The number of hydrogen-bond acceptors (Lipinski definition) is 3. The molecule has 1 heterocycles. The minimum absolute atomic E-state index is 0.0506. The Bertz CT molecular complexity index is 265. The molecular formula is C8H10BrNO2. The summed E-state index contributed by atoms with van der Waals surface area (Å²) in [5.74, 6) is 0.703. The van der Waals surface area contributed by atoms with Gasteiger partial charge in [0, 0.05) is 0 Å². The fourth-order valence-corrected chi connectivity index (χ4v) is 1.28. The van der Waals surface area contributed by atoms with Gasteiger partial charge in [-0.2, -0.15) is 0 Å². The summed E-state index contributed by atoms with van der Waals surface area (Å²) in [4.78, 5) is 4.05. The number of aliphatic hydroxyl groups excluding tert-OH is 1. The summed E-state index contributed by atoms with van der Waals surface area (Å²) in [6.45, 7) is 2.47. The van der Waals surface area contributed by atoms with Crippen molar-refractivity contribution in [1.82, 2.24) is 4.98 Å². The lowest BCUT2D eigenvalue weighted by atomic mass is 10.3. The third-order valence-corrected chi connectivity index (χ3v) is 1.90. The summed E-state index contributed by atoms with van der Waals surface area (Å²) in [7, 11) is 0. The maximum atomic E-state index is 8.76. The van der Waals surface area contributed by atoms with Gasteiger partial charge in [-0.05, 0) is 35.0 Å². The summed E-state index contributed by atoms with van der Waals surface area (Å²) in [6, 6.07) is 3.52. The molecule has 1 aromatic heterocycles. The van der Waals surface area contributed by atoms with Crippen LogP contribution >= 0.6 is 15.9 Å². The number of hydrogen-bond donors (Lipinski definition) is 1. The number of aromatic nitrogens is 1. The second-order valence-corrected chi connectivity index (χ2v) is 2.93. The number of aliphatic hydroxyl groups is 1. The van der Waals surface area contributed by atoms with E-state index in [0.29, 0.717) is 22.7 Å². The lowest BCUT2D eigenvalue weighted by Crippen LogP contribution is -1.96. The number of ether oxygens (including phenoxy) is 1. The molecule has 0 amide bonds. The highest BCUT2D eigenvalue weighted by molar-refractivity contribution is 9.10. The Kier molecular flexibility index (Phi) is 3.49. The van der Waals surface area contributed by atoms with Crippen molar-refractivity contribution in [3.05, 3.63) is 22.4 Å². The van der Waals surface area contributed by atoms with E-state index in [1.807, 2.05) is 6.92 Å². The van der Waals surface area contributed by atoms with Gasteiger partial charge in [0.05, 0.1) is 18.9 Å². The molecule has 0 atom stereocenters. The standard InChI is InChI=1S/C8H10BrNO2/c1-2-12-7-4-3-6(5-11)10-8(7)9/h3-4,11H,2,5H2,1H3. The van der Waals surface area contributed by atoms with Crippen LogP contribution in [0.1, 0.15) is 12.6 Å². The number of pyridine rings is 1. The third kappa shape index (κ3) is 2.19. The molecule has 1 N–H and O–H groups in total. The third-order valence-electron chi connectivity index (χ3n) is 1.33. The first-order chi connectivity index (χ1) is 5.77. The predicted molar refractivity (Wildman–Crippen MR) is 49.0 cm³/mol. The van der Waals surface area contributed by atoms with E-state index in [0.717, 1.165) is 0 Å². The number of rotatable bonds is 3. The fourth-order valence-electron chi connectivity index (χ4n) is 0.810. The van der Waals surface area contributed by atoms with Crippen LogP contribution in [0.25, 0.3) is 0 Å². The van der Waals surface area contributed by atoms with Crippen molar-refractivity contribution in [2.24, 2.45) is 0 Å². The van der Waals surface area contributed by atoms with E-state index in [1.54, 1.807) is 12.1 Å². The Balaban J connectivity index is 2.87. The van der Waals surface area contributed by atoms with Crippen molar-refractivity contribution in [2.75, 3.05) is 6.61 Å². The van der Waals surface area contributed by atoms with Gasteiger partial charge in [-0.15, -0.1) is 0 Å². The van der Waals surface area contributed by atoms with Crippen LogP contribution in [0.4, 0.5) is 0 Å². The van der Waals surface area contributed by atoms with Crippen LogP contribution in [0, 0.1) is 0 Å². The van der Waals surface area contributed by atoms with Gasteiger partial charge in [0.25, 0.3) is 0 Å². The second kappa shape index (κ2) is 4.42. The van der Waals surface area contributed by atoms with Crippen LogP contribution in [0.5, 0.6) is 5.75 Å². The number of nitrogens with zero attached hydrogens (tertiary/aromatic N) is 1. The molecule has 0 aliphatic carbocycles. The summed E-state index contributed by atoms with van der Waals surface area (Å²) >= 11 is 3.24. The predicted octanol–water partition coefficient (Wildman–Crippen LogP) is 1.74. The van der Waals surface area contributed by atoms with Crippen LogP contribution in [-0.4, -0.2) is 16.7 Å². The van der Waals surface area contributed by atoms with E-state index in [1.165, 1.54) is 0 Å². The molecule has 0 saturated heterocycles. The second-order valence-electron chi connectivity index (χ2n) is 2.18. The van der Waals surface area contributed by atoms with Gasteiger partial charge in [-0.25, -0.2) is 4.98 Å². The molecule has 4 heteroatoms. The quantitative estimate of drug-likeness (QED) is 0.807. The zero-order valence-electron chi connectivity index (χ0n) is 6.75. The van der Waals surface area contributed by atoms with Crippen molar-refractivity contribution >= 4 is 15.9 Å². The first kappa shape index (κ1) is 9.48. The lowest BCUT2D eigenvalue weighted by Gasteiger charge is -2.05. The molecular weight excluding hydrogens is 222 g/mol. The van der Waals surface area contributed by atoms with Crippen LogP contribution < -0.4 is 4.74 Å². The molecule has 0 unspecified atom stereocenters. The molecule has 3 nitrogen and oxygen atoms in total. The van der Waals surface area contributed by atoms with Gasteiger partial charge in [-0.3, -0.25) is 0 Å². The van der Waals surface area contributed by atoms with Crippen molar-refractivity contribution in [1.29, 1.82) is 0 Å². The minimum atomic E-state index is -0.0506. The number of halogens is 1. The van der Waals surface area contributed by atoms with Gasteiger partial charge in [0.15, 0.2) is 5.75 Å². The van der Waals surface area contributed by atoms with Crippen LogP contribution in [-0.2, 0) is 6.61 Å². The van der Waals surface area contributed by atoms with Crippen molar-refractivity contribution in [2.45, 2.75) is 13.5 Å². The summed E-state index contributed by atoms with van der Waals surface area (Å²) < 4.78 is 5.88. The fraction of sp³-hybridized carbons (Fsp3) is 0.375. The van der Waals surface area contributed by atoms with E-state index in [-0.39, 0.29) is 6.61 Å². The Morgan fingerprint density at radius 3 is 2.83 bits per heavy atom. The van der Waals surface area contributed by atoms with Gasteiger partial charge in [-0.1, -0.05) is 0 Å². The van der Waals surface area contributed by atoms with E-state index in [4.69, 9.17) is 9.84 Å². The Morgan fingerprint density at radius 1 is 1.58 bits per heavy atom. The van der Waals surface area contributed by atoms with Crippen LogP contribution in [0.15, 0.2) is 16.7 Å². The average molecular weight is 232 g/mol. The molecule has 0 saturated carbocycles. The molecule has 0 radical (unpaired) electrons. The van der Waals surface area contributed by atoms with E-state index < -0.39 is 0 Å². The Hall–Kier alpha value is -0.610. The zero-order chi connectivity index (χ0) is 8.97. The maximum Gasteiger partial charge on any atom is 0.152 e. The monoisotopic (exact) mass is 231 g/mol. The van der Waals surface area contributed by atoms with Crippen LogP contribution in [0.2, 0.25) is 0 Å². The largest absolute Gasteiger partial charge is 0.491 e.